The van der Waals surface area contributed by atoms with Gasteiger partial charge in [0, 0.05) is 30.1 Å². The van der Waals surface area contributed by atoms with Crippen molar-refractivity contribution in [1.29, 1.82) is 5.26 Å². The van der Waals surface area contributed by atoms with E-state index in [0.717, 1.165) is 31.0 Å². The van der Waals surface area contributed by atoms with Crippen LogP contribution in [0, 0.1) is 17.2 Å². The summed E-state index contributed by atoms with van der Waals surface area (Å²) in [5.74, 6) is -1.95. The quantitative estimate of drug-likeness (QED) is 0.471. The molecule has 3 amide bonds. The van der Waals surface area contributed by atoms with Crippen LogP contribution in [0.2, 0.25) is 0 Å². The van der Waals surface area contributed by atoms with Crippen LogP contribution in [0.15, 0.2) is 54.6 Å². The standard InChI is InChI=1S/C30H27F3N6O3/c1-2-37-27-23(25(29(42)38-14-13-21(38)16-34)36-39(27)20-9-4-3-5-10-20)22(17-11-12-17)24(28(37)41)35-26(40)18-7-6-8-19(15-18)30(31,32)33/h3-10,15,17,21-22,24H,2,11-14H2,1H3,(H,35,40)/t21-,22-,24-/m0/s1. The van der Waals surface area contributed by atoms with Crippen LogP contribution < -0.4 is 10.2 Å². The number of hydrogen-bond donors (Lipinski definition) is 1. The molecule has 0 spiro atoms. The van der Waals surface area contributed by atoms with Gasteiger partial charge >= 0.3 is 6.18 Å². The van der Waals surface area contributed by atoms with E-state index >= 15 is 0 Å². The van der Waals surface area contributed by atoms with E-state index < -0.39 is 47.5 Å². The summed E-state index contributed by atoms with van der Waals surface area (Å²) in [5, 5.41) is 17.0. The highest BCUT2D eigenvalue weighted by Gasteiger charge is 2.52. The number of nitrogens with zero attached hydrogens (tertiary/aromatic N) is 5. The molecule has 3 aliphatic rings. The highest BCUT2D eigenvalue weighted by molar-refractivity contribution is 6.07. The van der Waals surface area contributed by atoms with Gasteiger partial charge in [0.2, 0.25) is 0 Å². The van der Waals surface area contributed by atoms with Gasteiger partial charge in [-0.25, -0.2) is 4.68 Å². The summed E-state index contributed by atoms with van der Waals surface area (Å²) in [6, 6.07) is 13.5. The summed E-state index contributed by atoms with van der Waals surface area (Å²) < 4.78 is 41.6. The summed E-state index contributed by atoms with van der Waals surface area (Å²) in [6.07, 6.45) is -2.60. The van der Waals surface area contributed by atoms with Gasteiger partial charge in [-0.05, 0) is 62.4 Å². The third-order valence-electron chi connectivity index (χ3n) is 8.19. The minimum absolute atomic E-state index is 0.0540. The van der Waals surface area contributed by atoms with Crippen LogP contribution in [-0.4, -0.2) is 57.6 Å². The number of fused-ring (bicyclic) bond motifs is 1. The molecule has 1 aliphatic carbocycles. The lowest BCUT2D eigenvalue weighted by molar-refractivity contribution is -0.137. The first-order valence-corrected chi connectivity index (χ1v) is 13.8. The van der Waals surface area contributed by atoms with Gasteiger partial charge in [0.1, 0.15) is 17.9 Å². The first kappa shape index (κ1) is 27.5. The molecule has 1 saturated heterocycles. The molecule has 2 aliphatic heterocycles. The number of likely N-dealkylation sites (tertiary alicyclic amines) is 1. The van der Waals surface area contributed by atoms with Gasteiger partial charge in [0.15, 0.2) is 5.69 Å². The third-order valence-corrected chi connectivity index (χ3v) is 8.19. The number of benzene rings is 2. The Kier molecular flexibility index (Phi) is 6.75. The fourth-order valence-corrected chi connectivity index (χ4v) is 5.87. The first-order chi connectivity index (χ1) is 20.1. The number of halogens is 3. The average Bonchev–Trinajstić information content (AvgIpc) is 3.72. The topological polar surface area (TPSA) is 111 Å². The molecule has 12 heteroatoms. The number of anilines is 1. The number of rotatable bonds is 6. The fourth-order valence-electron chi connectivity index (χ4n) is 5.87. The Bertz CT molecular complexity index is 1610. The van der Waals surface area contributed by atoms with Crippen LogP contribution in [0.5, 0.6) is 0 Å². The molecular formula is C30H27F3N6O3. The number of carbonyl (C=O) groups excluding carboxylic acids is 3. The van der Waals surface area contributed by atoms with Gasteiger partial charge in [-0.3, -0.25) is 19.3 Å². The van der Waals surface area contributed by atoms with Crippen molar-refractivity contribution < 1.29 is 27.6 Å². The molecule has 0 unspecified atom stereocenters. The van der Waals surface area contributed by atoms with E-state index in [-0.39, 0.29) is 23.7 Å². The lowest BCUT2D eigenvalue weighted by Crippen LogP contribution is -2.56. The molecule has 1 aromatic heterocycles. The highest BCUT2D eigenvalue weighted by atomic mass is 19.4. The Labute approximate surface area is 239 Å². The summed E-state index contributed by atoms with van der Waals surface area (Å²) in [5.41, 5.74) is 0.0379. The molecule has 0 radical (unpaired) electrons. The van der Waals surface area contributed by atoms with Crippen LogP contribution in [0.25, 0.3) is 5.69 Å². The second-order valence-corrected chi connectivity index (χ2v) is 10.7. The predicted octanol–water partition coefficient (Wildman–Crippen LogP) is 4.29. The Hall–Kier alpha value is -4.66. The van der Waals surface area contributed by atoms with Crippen molar-refractivity contribution in [2.24, 2.45) is 5.92 Å². The van der Waals surface area contributed by atoms with Crippen molar-refractivity contribution in [3.8, 4) is 11.8 Å². The number of alkyl halides is 3. The second kappa shape index (κ2) is 10.3. The van der Waals surface area contributed by atoms with E-state index in [2.05, 4.69) is 11.4 Å². The van der Waals surface area contributed by atoms with Crippen molar-refractivity contribution >= 4 is 23.5 Å². The molecule has 6 rings (SSSR count). The van der Waals surface area contributed by atoms with Crippen molar-refractivity contribution in [2.45, 2.75) is 50.4 Å². The number of nitriles is 1. The fraction of sp³-hybridized carbons (Fsp3) is 0.367. The zero-order valence-electron chi connectivity index (χ0n) is 22.6. The van der Waals surface area contributed by atoms with Crippen molar-refractivity contribution in [1.82, 2.24) is 20.0 Å². The molecule has 3 atom stereocenters. The molecule has 1 N–H and O–H groups in total. The molecular weight excluding hydrogens is 549 g/mol. The van der Waals surface area contributed by atoms with E-state index in [9.17, 15) is 32.8 Å². The van der Waals surface area contributed by atoms with Gasteiger partial charge in [-0.1, -0.05) is 24.3 Å². The Morgan fingerprint density at radius 1 is 1.10 bits per heavy atom. The normalized spacial score (nSPS) is 21.8. The molecule has 3 heterocycles. The van der Waals surface area contributed by atoms with Gasteiger partial charge in [0.05, 0.1) is 17.3 Å². The zero-order valence-corrected chi connectivity index (χ0v) is 22.6. The maximum Gasteiger partial charge on any atom is 0.416 e. The summed E-state index contributed by atoms with van der Waals surface area (Å²) >= 11 is 0. The lowest BCUT2D eigenvalue weighted by Gasteiger charge is -2.39. The minimum atomic E-state index is -4.64. The maximum absolute atomic E-state index is 14.1. The Balaban J connectivity index is 1.47. The van der Waals surface area contributed by atoms with Crippen molar-refractivity contribution in [3.05, 3.63) is 77.0 Å². The van der Waals surface area contributed by atoms with Crippen LogP contribution in [-0.2, 0) is 11.0 Å². The number of aromatic nitrogens is 2. The van der Waals surface area contributed by atoms with E-state index in [1.54, 1.807) is 23.7 Å². The molecule has 216 valence electrons. The number of amides is 3. The Morgan fingerprint density at radius 3 is 2.43 bits per heavy atom. The number of likely N-dealkylation sites (N-methyl/N-ethyl adjacent to an activating group) is 1. The first-order valence-electron chi connectivity index (χ1n) is 13.8. The number of para-hydroxylation sites is 1. The second-order valence-electron chi connectivity index (χ2n) is 10.7. The SMILES string of the molecule is CCN1C(=O)[C@@H](NC(=O)c2cccc(C(F)(F)F)c2)[C@@H](C2CC2)c2c(C(=O)N3CC[C@H]3C#N)nn(-c3ccccc3)c21. The molecule has 0 bridgehead atoms. The molecule has 42 heavy (non-hydrogen) atoms. The largest absolute Gasteiger partial charge is 0.416 e. The summed E-state index contributed by atoms with van der Waals surface area (Å²) in [6.45, 7) is 2.34. The number of hydrogen-bond acceptors (Lipinski definition) is 5. The lowest BCUT2D eigenvalue weighted by atomic mass is 9.82. The zero-order chi connectivity index (χ0) is 29.8. The summed E-state index contributed by atoms with van der Waals surface area (Å²) in [4.78, 5) is 44.2. The smallest absolute Gasteiger partial charge is 0.340 e. The summed E-state index contributed by atoms with van der Waals surface area (Å²) in [7, 11) is 0. The molecule has 3 aromatic rings. The van der Waals surface area contributed by atoms with Crippen LogP contribution in [0.1, 0.15) is 64.1 Å². The van der Waals surface area contributed by atoms with Gasteiger partial charge < -0.3 is 10.2 Å². The highest BCUT2D eigenvalue weighted by Crippen LogP contribution is 2.52. The van der Waals surface area contributed by atoms with Crippen molar-refractivity contribution in [2.75, 3.05) is 18.0 Å². The van der Waals surface area contributed by atoms with Crippen LogP contribution in [0.4, 0.5) is 19.0 Å². The molecule has 2 fully saturated rings. The van der Waals surface area contributed by atoms with E-state index in [1.165, 1.54) is 15.9 Å². The van der Waals surface area contributed by atoms with Gasteiger partial charge in [0.25, 0.3) is 17.7 Å². The monoisotopic (exact) mass is 576 g/mol. The minimum Gasteiger partial charge on any atom is -0.340 e. The number of nitrogens with one attached hydrogen (secondary N) is 1. The molecule has 9 nitrogen and oxygen atoms in total. The molecule has 1 saturated carbocycles. The molecule has 2 aromatic carbocycles. The predicted molar refractivity (Wildman–Crippen MR) is 145 cm³/mol. The van der Waals surface area contributed by atoms with Crippen LogP contribution >= 0.6 is 0 Å². The van der Waals surface area contributed by atoms with E-state index in [4.69, 9.17) is 5.10 Å². The average molecular weight is 577 g/mol. The Morgan fingerprint density at radius 2 is 1.83 bits per heavy atom. The van der Waals surface area contributed by atoms with Gasteiger partial charge in [-0.2, -0.15) is 23.5 Å². The van der Waals surface area contributed by atoms with E-state index in [0.29, 0.717) is 30.0 Å². The van der Waals surface area contributed by atoms with Crippen molar-refractivity contribution in [3.63, 3.8) is 0 Å². The van der Waals surface area contributed by atoms with Gasteiger partial charge in [-0.15, -0.1) is 0 Å². The third kappa shape index (κ3) is 4.58. The maximum atomic E-state index is 14.1. The van der Waals surface area contributed by atoms with Crippen LogP contribution in [0.3, 0.4) is 0 Å². The number of carbonyl (C=O) groups is 3. The van der Waals surface area contributed by atoms with E-state index in [1.807, 2.05) is 18.2 Å².